The van der Waals surface area contributed by atoms with E-state index in [0.717, 1.165) is 18.9 Å². The number of hydrogen-bond donors (Lipinski definition) is 0. The Bertz CT molecular complexity index is 620. The number of hydrogen-bond acceptors (Lipinski definition) is 2. The predicted octanol–water partition coefficient (Wildman–Crippen LogP) is 2.62. The van der Waals surface area contributed by atoms with Gasteiger partial charge in [0.1, 0.15) is 10.7 Å². The Labute approximate surface area is 121 Å². The van der Waals surface area contributed by atoms with E-state index >= 15 is 0 Å². The average molecular weight is 346 g/mol. The number of nitrogens with zero attached hydrogens (tertiary/aromatic N) is 1. The highest BCUT2D eigenvalue weighted by Crippen LogP contribution is 2.32. The maximum absolute atomic E-state index is 13.8. The molecule has 0 spiro atoms. The van der Waals surface area contributed by atoms with Crippen LogP contribution < -0.4 is 0 Å². The Morgan fingerprint density at radius 3 is 2.68 bits per heavy atom. The molecule has 0 aliphatic heterocycles. The normalized spacial score (nSPS) is 15.5. The van der Waals surface area contributed by atoms with E-state index in [1.165, 1.54) is 16.4 Å². The van der Waals surface area contributed by atoms with Gasteiger partial charge in [-0.05, 0) is 37.0 Å². The van der Waals surface area contributed by atoms with Crippen LogP contribution in [0.15, 0.2) is 27.6 Å². The van der Waals surface area contributed by atoms with Crippen molar-refractivity contribution in [2.24, 2.45) is 5.92 Å². The highest BCUT2D eigenvalue weighted by Gasteiger charge is 2.32. The lowest BCUT2D eigenvalue weighted by atomic mass is 10.3. The van der Waals surface area contributed by atoms with E-state index in [2.05, 4.69) is 21.9 Å². The highest BCUT2D eigenvalue weighted by atomic mass is 79.9. The molecule has 1 aromatic rings. The summed E-state index contributed by atoms with van der Waals surface area (Å²) in [7, 11) is -3.87. The molecule has 6 heteroatoms. The molecule has 0 aromatic heterocycles. The Morgan fingerprint density at radius 2 is 2.16 bits per heavy atom. The van der Waals surface area contributed by atoms with E-state index in [9.17, 15) is 12.8 Å². The summed E-state index contributed by atoms with van der Waals surface area (Å²) in [5.74, 6) is 1.90. The van der Waals surface area contributed by atoms with Crippen molar-refractivity contribution in [2.75, 3.05) is 13.1 Å². The van der Waals surface area contributed by atoms with Crippen molar-refractivity contribution in [3.05, 3.63) is 28.5 Å². The molecule has 0 unspecified atom stereocenters. The quantitative estimate of drug-likeness (QED) is 0.769. The van der Waals surface area contributed by atoms with Crippen LogP contribution in [0.1, 0.15) is 12.8 Å². The molecule has 2 rings (SSSR count). The largest absolute Gasteiger partial charge is 0.246 e. The van der Waals surface area contributed by atoms with Crippen LogP contribution in [0.2, 0.25) is 0 Å². The molecule has 19 heavy (non-hydrogen) atoms. The summed E-state index contributed by atoms with van der Waals surface area (Å²) < 4.78 is 40.3. The molecular weight excluding hydrogens is 333 g/mol. The number of sulfonamides is 1. The van der Waals surface area contributed by atoms with Gasteiger partial charge in [0.25, 0.3) is 0 Å². The van der Waals surface area contributed by atoms with E-state index in [4.69, 9.17) is 6.42 Å². The summed E-state index contributed by atoms with van der Waals surface area (Å²) in [6, 6.07) is 3.89. The smallest absolute Gasteiger partial charge is 0.207 e. The molecule has 1 aliphatic carbocycles. The summed E-state index contributed by atoms with van der Waals surface area (Å²) in [4.78, 5) is -0.327. The van der Waals surface area contributed by atoms with Crippen LogP contribution in [0, 0.1) is 24.1 Å². The first kappa shape index (κ1) is 14.5. The second kappa shape index (κ2) is 5.61. The van der Waals surface area contributed by atoms with Gasteiger partial charge in [0, 0.05) is 11.0 Å². The van der Waals surface area contributed by atoms with Crippen LogP contribution in [0.25, 0.3) is 0 Å². The second-order valence-corrected chi connectivity index (χ2v) is 7.34. The van der Waals surface area contributed by atoms with E-state index in [0.29, 0.717) is 16.9 Å². The molecule has 0 bridgehead atoms. The van der Waals surface area contributed by atoms with Gasteiger partial charge in [-0.25, -0.2) is 12.8 Å². The van der Waals surface area contributed by atoms with Gasteiger partial charge in [0.05, 0.1) is 6.54 Å². The van der Waals surface area contributed by atoms with Gasteiger partial charge in [0.2, 0.25) is 10.0 Å². The average Bonchev–Trinajstić information content (AvgIpc) is 3.11. The molecular formula is C13H13BrFNO2S. The first-order valence-corrected chi connectivity index (χ1v) is 8.07. The third-order valence-electron chi connectivity index (χ3n) is 2.94. The second-order valence-electron chi connectivity index (χ2n) is 4.52. The lowest BCUT2D eigenvalue weighted by molar-refractivity contribution is 0.426. The Balaban J connectivity index is 2.35. The minimum absolute atomic E-state index is 0.0334. The summed E-state index contributed by atoms with van der Waals surface area (Å²) in [6.07, 6.45) is 7.20. The van der Waals surface area contributed by atoms with Crippen molar-refractivity contribution in [2.45, 2.75) is 17.7 Å². The lowest BCUT2D eigenvalue weighted by Gasteiger charge is -2.20. The molecule has 0 amide bonds. The zero-order valence-electron chi connectivity index (χ0n) is 10.1. The van der Waals surface area contributed by atoms with Gasteiger partial charge in [-0.1, -0.05) is 21.9 Å². The minimum atomic E-state index is -3.87. The topological polar surface area (TPSA) is 37.4 Å². The minimum Gasteiger partial charge on any atom is -0.207 e. The maximum atomic E-state index is 13.8. The summed E-state index contributed by atoms with van der Waals surface area (Å²) in [6.45, 7) is 0.330. The SMILES string of the molecule is C#CCN(CC1CC1)S(=O)(=O)c1ccc(Br)cc1F. The molecule has 1 saturated carbocycles. The van der Waals surface area contributed by atoms with E-state index < -0.39 is 15.8 Å². The molecule has 3 nitrogen and oxygen atoms in total. The predicted molar refractivity (Wildman–Crippen MR) is 74.4 cm³/mol. The molecule has 0 atom stereocenters. The van der Waals surface area contributed by atoms with E-state index in [-0.39, 0.29) is 11.4 Å². The third-order valence-corrected chi connectivity index (χ3v) is 5.28. The van der Waals surface area contributed by atoms with Crippen LogP contribution in [0.5, 0.6) is 0 Å². The molecule has 0 radical (unpaired) electrons. The molecule has 0 heterocycles. The number of rotatable bonds is 5. The van der Waals surface area contributed by atoms with Crippen LogP contribution in [-0.4, -0.2) is 25.8 Å². The standard InChI is InChI=1S/C13H13BrFNO2S/c1-2-7-16(9-10-3-4-10)19(17,18)13-6-5-11(14)8-12(13)15/h1,5-6,8,10H,3-4,7,9H2. The van der Waals surface area contributed by atoms with Crippen LogP contribution in [0.3, 0.4) is 0 Å². The fourth-order valence-corrected chi connectivity index (χ4v) is 3.57. The molecule has 1 aliphatic rings. The van der Waals surface area contributed by atoms with Crippen molar-refractivity contribution in [1.82, 2.24) is 4.31 Å². The number of benzene rings is 1. The van der Waals surface area contributed by atoms with Crippen LogP contribution in [0.4, 0.5) is 4.39 Å². The van der Waals surface area contributed by atoms with Gasteiger partial charge < -0.3 is 0 Å². The Hall–Kier alpha value is -0.900. The molecule has 102 valence electrons. The third kappa shape index (κ3) is 3.35. The number of halogens is 2. The molecule has 0 saturated heterocycles. The zero-order chi connectivity index (χ0) is 14.0. The van der Waals surface area contributed by atoms with Crippen molar-refractivity contribution >= 4 is 26.0 Å². The van der Waals surface area contributed by atoms with Gasteiger partial charge >= 0.3 is 0 Å². The van der Waals surface area contributed by atoms with Gasteiger partial charge in [0.15, 0.2) is 0 Å². The van der Waals surface area contributed by atoms with E-state index in [1.54, 1.807) is 0 Å². The summed E-state index contributed by atoms with van der Waals surface area (Å²) in [5, 5.41) is 0. The van der Waals surface area contributed by atoms with Gasteiger partial charge in [-0.2, -0.15) is 4.31 Å². The maximum Gasteiger partial charge on any atom is 0.246 e. The lowest BCUT2D eigenvalue weighted by Crippen LogP contribution is -2.33. The van der Waals surface area contributed by atoms with Crippen LogP contribution >= 0.6 is 15.9 Å². The molecule has 1 aromatic carbocycles. The highest BCUT2D eigenvalue weighted by molar-refractivity contribution is 9.10. The first-order valence-electron chi connectivity index (χ1n) is 5.84. The monoisotopic (exact) mass is 345 g/mol. The van der Waals surface area contributed by atoms with Gasteiger partial charge in [-0.15, -0.1) is 6.42 Å². The first-order chi connectivity index (χ1) is 8.95. The van der Waals surface area contributed by atoms with Crippen molar-refractivity contribution in [3.8, 4) is 12.3 Å². The molecule has 0 N–H and O–H groups in total. The van der Waals surface area contributed by atoms with Crippen molar-refractivity contribution in [1.29, 1.82) is 0 Å². The Morgan fingerprint density at radius 1 is 1.47 bits per heavy atom. The fraction of sp³-hybridized carbons (Fsp3) is 0.385. The van der Waals surface area contributed by atoms with Gasteiger partial charge in [-0.3, -0.25) is 0 Å². The number of terminal acetylenes is 1. The fourth-order valence-electron chi connectivity index (χ4n) is 1.76. The molecule has 1 fully saturated rings. The van der Waals surface area contributed by atoms with Crippen LogP contribution in [-0.2, 0) is 10.0 Å². The van der Waals surface area contributed by atoms with Crippen molar-refractivity contribution < 1.29 is 12.8 Å². The van der Waals surface area contributed by atoms with Crippen molar-refractivity contribution in [3.63, 3.8) is 0 Å². The summed E-state index contributed by atoms with van der Waals surface area (Å²) >= 11 is 3.10. The zero-order valence-corrected chi connectivity index (χ0v) is 12.5. The van der Waals surface area contributed by atoms with E-state index in [1.807, 2.05) is 0 Å². The Kier molecular flexibility index (Phi) is 4.29. The summed E-state index contributed by atoms with van der Waals surface area (Å²) in [5.41, 5.74) is 0.